The van der Waals surface area contributed by atoms with Gasteiger partial charge in [0.05, 0.1) is 6.54 Å². The van der Waals surface area contributed by atoms with Gasteiger partial charge in [0.15, 0.2) is 5.82 Å². The molecule has 3 N–H and O–H groups in total. The molecule has 0 atom stereocenters. The maximum atomic E-state index is 11.6. The van der Waals surface area contributed by atoms with Crippen molar-refractivity contribution in [3.8, 4) is 0 Å². The third kappa shape index (κ3) is 8.44. The van der Waals surface area contributed by atoms with Gasteiger partial charge in [-0.1, -0.05) is 0 Å². The molecular formula is C14H23N5O4. The summed E-state index contributed by atoms with van der Waals surface area (Å²) in [5, 5.41) is 11.4. The van der Waals surface area contributed by atoms with E-state index in [0.29, 0.717) is 5.82 Å². The zero-order valence-electron chi connectivity index (χ0n) is 13.8. The number of carbonyl (C=O) groups excluding carboxylic acids is 3. The van der Waals surface area contributed by atoms with Crippen LogP contribution in [0, 0.1) is 0 Å². The SMILES string of the molecule is Cn1ccc(NC(=O)CNC(=O)CCNC(=O)OC(C)(C)C)n1. The Bertz CT molecular complexity index is 562. The van der Waals surface area contributed by atoms with E-state index in [1.54, 1.807) is 44.8 Å². The number of alkyl carbamates (subject to hydrolysis) is 1. The Kier molecular flexibility index (Phi) is 6.55. The summed E-state index contributed by atoms with van der Waals surface area (Å²) in [4.78, 5) is 34.5. The molecule has 0 spiro atoms. The van der Waals surface area contributed by atoms with E-state index in [1.807, 2.05) is 0 Å². The minimum atomic E-state index is -0.587. The molecule has 1 heterocycles. The molecule has 0 saturated heterocycles. The van der Waals surface area contributed by atoms with Gasteiger partial charge >= 0.3 is 6.09 Å². The second kappa shape index (κ2) is 8.16. The van der Waals surface area contributed by atoms with Crippen molar-refractivity contribution in [2.24, 2.45) is 7.05 Å². The Balaban J connectivity index is 2.16. The Morgan fingerprint density at radius 1 is 1.22 bits per heavy atom. The third-order valence-corrected chi connectivity index (χ3v) is 2.45. The van der Waals surface area contributed by atoms with E-state index in [9.17, 15) is 14.4 Å². The van der Waals surface area contributed by atoms with Crippen molar-refractivity contribution in [3.63, 3.8) is 0 Å². The number of aryl methyl sites for hydroxylation is 1. The molecule has 0 bridgehead atoms. The van der Waals surface area contributed by atoms with E-state index in [-0.39, 0.29) is 31.3 Å². The number of nitrogens with one attached hydrogen (secondary N) is 3. The van der Waals surface area contributed by atoms with E-state index in [4.69, 9.17) is 4.74 Å². The lowest BCUT2D eigenvalue weighted by atomic mass is 10.2. The summed E-state index contributed by atoms with van der Waals surface area (Å²) in [6.45, 7) is 5.21. The zero-order valence-corrected chi connectivity index (χ0v) is 13.8. The molecule has 0 aliphatic heterocycles. The zero-order chi connectivity index (χ0) is 17.5. The third-order valence-electron chi connectivity index (χ3n) is 2.45. The maximum absolute atomic E-state index is 11.6. The smallest absolute Gasteiger partial charge is 0.407 e. The molecule has 0 radical (unpaired) electrons. The summed E-state index contributed by atoms with van der Waals surface area (Å²) >= 11 is 0. The monoisotopic (exact) mass is 325 g/mol. The van der Waals surface area contributed by atoms with Crippen LogP contribution in [-0.2, 0) is 21.4 Å². The van der Waals surface area contributed by atoms with Crippen molar-refractivity contribution >= 4 is 23.7 Å². The number of ether oxygens (including phenoxy) is 1. The lowest BCUT2D eigenvalue weighted by Crippen LogP contribution is -2.37. The van der Waals surface area contributed by atoms with Crippen LogP contribution in [0.15, 0.2) is 12.3 Å². The predicted molar refractivity (Wildman–Crippen MR) is 83.7 cm³/mol. The van der Waals surface area contributed by atoms with Gasteiger partial charge in [0.2, 0.25) is 11.8 Å². The lowest BCUT2D eigenvalue weighted by molar-refractivity contribution is -0.124. The summed E-state index contributed by atoms with van der Waals surface area (Å²) in [6.07, 6.45) is 1.16. The largest absolute Gasteiger partial charge is 0.444 e. The average molecular weight is 325 g/mol. The number of nitrogens with zero attached hydrogens (tertiary/aromatic N) is 2. The van der Waals surface area contributed by atoms with Gasteiger partial charge in [0.25, 0.3) is 0 Å². The Morgan fingerprint density at radius 3 is 2.48 bits per heavy atom. The summed E-state index contributed by atoms with van der Waals surface area (Å²) < 4.78 is 6.58. The highest BCUT2D eigenvalue weighted by molar-refractivity contribution is 5.93. The number of hydrogen-bond donors (Lipinski definition) is 3. The first kappa shape index (κ1) is 18.5. The van der Waals surface area contributed by atoms with Gasteiger partial charge in [-0.3, -0.25) is 14.3 Å². The molecule has 0 aliphatic rings. The van der Waals surface area contributed by atoms with Crippen molar-refractivity contribution in [1.82, 2.24) is 20.4 Å². The summed E-state index contributed by atoms with van der Waals surface area (Å²) in [5.41, 5.74) is -0.587. The molecule has 0 aromatic carbocycles. The fraction of sp³-hybridized carbons (Fsp3) is 0.571. The van der Waals surface area contributed by atoms with Crippen LogP contribution in [0.25, 0.3) is 0 Å². The first-order valence-electron chi connectivity index (χ1n) is 7.19. The minimum Gasteiger partial charge on any atom is -0.444 e. The standard InChI is InChI=1S/C14H23N5O4/c1-14(2,3)23-13(22)15-7-5-11(20)16-9-12(21)17-10-6-8-19(4)18-10/h6,8H,5,7,9H2,1-4H3,(H,15,22)(H,16,20)(H,17,18,21). The summed E-state index contributed by atoms with van der Waals surface area (Å²) in [5.74, 6) is -0.312. The highest BCUT2D eigenvalue weighted by Gasteiger charge is 2.16. The van der Waals surface area contributed by atoms with Crippen LogP contribution in [0.3, 0.4) is 0 Å². The predicted octanol–water partition coefficient (Wildman–Crippen LogP) is 0.390. The first-order chi connectivity index (χ1) is 10.7. The van der Waals surface area contributed by atoms with Gasteiger partial charge in [-0.25, -0.2) is 4.79 Å². The van der Waals surface area contributed by atoms with Crippen LogP contribution >= 0.6 is 0 Å². The topological polar surface area (TPSA) is 114 Å². The highest BCUT2D eigenvalue weighted by atomic mass is 16.6. The molecular weight excluding hydrogens is 302 g/mol. The van der Waals surface area contributed by atoms with Crippen LogP contribution in [0.5, 0.6) is 0 Å². The van der Waals surface area contributed by atoms with Gasteiger partial charge in [-0.15, -0.1) is 0 Å². The molecule has 0 unspecified atom stereocenters. The van der Waals surface area contributed by atoms with Crippen LogP contribution in [0.2, 0.25) is 0 Å². The van der Waals surface area contributed by atoms with Gasteiger partial charge in [-0.05, 0) is 20.8 Å². The second-order valence-electron chi connectivity index (χ2n) is 5.88. The molecule has 3 amide bonds. The second-order valence-corrected chi connectivity index (χ2v) is 5.88. The number of anilines is 1. The lowest BCUT2D eigenvalue weighted by Gasteiger charge is -2.19. The average Bonchev–Trinajstić information content (AvgIpc) is 2.79. The molecule has 23 heavy (non-hydrogen) atoms. The quantitative estimate of drug-likeness (QED) is 0.700. The highest BCUT2D eigenvalue weighted by Crippen LogP contribution is 2.06. The fourth-order valence-electron chi connectivity index (χ4n) is 1.53. The van der Waals surface area contributed by atoms with Gasteiger partial charge in [-0.2, -0.15) is 5.10 Å². The van der Waals surface area contributed by atoms with Crippen molar-refractivity contribution in [2.45, 2.75) is 32.8 Å². The van der Waals surface area contributed by atoms with E-state index < -0.39 is 11.7 Å². The molecule has 1 aromatic rings. The molecule has 9 heteroatoms. The van der Waals surface area contributed by atoms with Crippen LogP contribution in [0.1, 0.15) is 27.2 Å². The minimum absolute atomic E-state index is 0.0517. The fourth-order valence-corrected chi connectivity index (χ4v) is 1.53. The van der Waals surface area contributed by atoms with Gasteiger partial charge in [0, 0.05) is 32.3 Å². The number of hydrogen-bond acceptors (Lipinski definition) is 5. The normalized spacial score (nSPS) is 10.8. The van der Waals surface area contributed by atoms with E-state index in [1.165, 1.54) is 0 Å². The Morgan fingerprint density at radius 2 is 1.91 bits per heavy atom. The Hall–Kier alpha value is -2.58. The summed E-state index contributed by atoms with van der Waals surface area (Å²) in [7, 11) is 1.73. The van der Waals surface area contributed by atoms with E-state index >= 15 is 0 Å². The molecule has 0 aliphatic carbocycles. The first-order valence-corrected chi connectivity index (χ1v) is 7.19. The van der Waals surface area contributed by atoms with Crippen molar-refractivity contribution in [2.75, 3.05) is 18.4 Å². The molecule has 0 fully saturated rings. The molecule has 0 saturated carbocycles. The number of rotatable bonds is 6. The van der Waals surface area contributed by atoms with Crippen molar-refractivity contribution < 1.29 is 19.1 Å². The van der Waals surface area contributed by atoms with E-state index in [0.717, 1.165) is 0 Å². The van der Waals surface area contributed by atoms with Crippen LogP contribution < -0.4 is 16.0 Å². The number of aromatic nitrogens is 2. The summed E-state index contributed by atoms with van der Waals surface area (Å²) in [6, 6.07) is 1.64. The molecule has 128 valence electrons. The van der Waals surface area contributed by atoms with Crippen LogP contribution in [-0.4, -0.2) is 46.4 Å². The Labute approximate surface area is 134 Å². The van der Waals surface area contributed by atoms with Crippen LogP contribution in [0.4, 0.5) is 10.6 Å². The number of carbonyl (C=O) groups is 3. The van der Waals surface area contributed by atoms with E-state index in [2.05, 4.69) is 21.0 Å². The molecule has 1 rings (SSSR count). The van der Waals surface area contributed by atoms with Gasteiger partial charge in [0.1, 0.15) is 5.60 Å². The van der Waals surface area contributed by atoms with Gasteiger partial charge < -0.3 is 20.7 Å². The van der Waals surface area contributed by atoms with Crippen molar-refractivity contribution in [1.29, 1.82) is 0 Å². The van der Waals surface area contributed by atoms with Crippen molar-refractivity contribution in [3.05, 3.63) is 12.3 Å². The number of amides is 3. The molecule has 9 nitrogen and oxygen atoms in total. The maximum Gasteiger partial charge on any atom is 0.407 e. The molecule has 1 aromatic heterocycles.